The van der Waals surface area contributed by atoms with E-state index in [0.717, 1.165) is 49.9 Å². The number of carbonyl (C=O) groups is 2. The predicted octanol–water partition coefficient (Wildman–Crippen LogP) is 2.79. The fourth-order valence-corrected chi connectivity index (χ4v) is 4.91. The van der Waals surface area contributed by atoms with Gasteiger partial charge >= 0.3 is 0 Å². The summed E-state index contributed by atoms with van der Waals surface area (Å²) < 4.78 is 1.84. The maximum absolute atomic E-state index is 13.3. The summed E-state index contributed by atoms with van der Waals surface area (Å²) in [5.74, 6) is 0.0618. The van der Waals surface area contributed by atoms with Crippen molar-refractivity contribution in [1.29, 1.82) is 0 Å². The van der Waals surface area contributed by atoms with E-state index in [0.29, 0.717) is 29.2 Å². The number of pyridine rings is 1. The van der Waals surface area contributed by atoms with Crippen molar-refractivity contribution in [2.45, 2.75) is 52.1 Å². The van der Waals surface area contributed by atoms with Gasteiger partial charge in [0.25, 0.3) is 5.91 Å². The Kier molecular flexibility index (Phi) is 5.77. The molecule has 1 aliphatic heterocycles. The number of aromatic nitrogens is 3. The molecule has 1 saturated heterocycles. The van der Waals surface area contributed by atoms with Crippen LogP contribution in [0.2, 0.25) is 0 Å². The minimum atomic E-state index is -0.416. The van der Waals surface area contributed by atoms with E-state index in [-0.39, 0.29) is 22.9 Å². The fourth-order valence-electron chi connectivity index (χ4n) is 4.91. The Morgan fingerprint density at radius 3 is 2.74 bits per heavy atom. The zero-order valence-corrected chi connectivity index (χ0v) is 19.4. The van der Waals surface area contributed by atoms with Crippen molar-refractivity contribution in [3.05, 3.63) is 57.5 Å². The molecule has 1 aliphatic carbocycles. The molecule has 5 rings (SSSR count). The van der Waals surface area contributed by atoms with Crippen LogP contribution in [0, 0.1) is 0 Å². The highest BCUT2D eigenvalue weighted by molar-refractivity contribution is 5.97. The molecule has 0 spiro atoms. The van der Waals surface area contributed by atoms with Crippen molar-refractivity contribution in [3.8, 4) is 0 Å². The molecule has 2 N–H and O–H groups in total. The van der Waals surface area contributed by atoms with E-state index in [1.54, 1.807) is 12.4 Å². The molecular formula is C25H28N6O3. The average Bonchev–Trinajstić information content (AvgIpc) is 3.49. The standard InChI is InChI=1S/C25H28N6O3/c1-3-30-14-20(22(33)19-13-26-25(29-23(19)30)31-10-4-5-11-31)24(34)28-21-9-7-16-6-8-17(12-18(16)21)27-15(2)32/h6,8,12-14,21H,3-5,7,9-11H2,1-2H3,(H,27,32)(H,28,34). The molecule has 2 amide bonds. The highest BCUT2D eigenvalue weighted by atomic mass is 16.2. The Morgan fingerprint density at radius 2 is 2.00 bits per heavy atom. The van der Waals surface area contributed by atoms with Crippen LogP contribution in [0.25, 0.3) is 11.0 Å². The molecule has 176 valence electrons. The molecular weight excluding hydrogens is 432 g/mol. The van der Waals surface area contributed by atoms with Crippen molar-refractivity contribution < 1.29 is 9.59 Å². The lowest BCUT2D eigenvalue weighted by Crippen LogP contribution is -2.32. The summed E-state index contributed by atoms with van der Waals surface area (Å²) >= 11 is 0. The molecule has 9 nitrogen and oxygen atoms in total. The Balaban J connectivity index is 1.45. The lowest BCUT2D eigenvalue weighted by Gasteiger charge is -2.18. The van der Waals surface area contributed by atoms with Crippen LogP contribution in [0.4, 0.5) is 11.6 Å². The van der Waals surface area contributed by atoms with E-state index in [2.05, 4.69) is 25.5 Å². The smallest absolute Gasteiger partial charge is 0.257 e. The summed E-state index contributed by atoms with van der Waals surface area (Å²) in [7, 11) is 0. The van der Waals surface area contributed by atoms with Crippen LogP contribution in [0.3, 0.4) is 0 Å². The number of hydrogen-bond acceptors (Lipinski definition) is 6. The summed E-state index contributed by atoms with van der Waals surface area (Å²) in [4.78, 5) is 49.1. The van der Waals surface area contributed by atoms with Gasteiger partial charge in [-0.25, -0.2) is 4.98 Å². The number of carbonyl (C=O) groups excluding carboxylic acids is 2. The molecule has 3 aromatic rings. The van der Waals surface area contributed by atoms with Gasteiger partial charge in [-0.2, -0.15) is 4.98 Å². The molecule has 2 aromatic heterocycles. The minimum absolute atomic E-state index is 0.0818. The molecule has 0 radical (unpaired) electrons. The van der Waals surface area contributed by atoms with Gasteiger partial charge in [0.15, 0.2) is 0 Å². The van der Waals surface area contributed by atoms with Gasteiger partial charge < -0.3 is 20.1 Å². The van der Waals surface area contributed by atoms with Crippen molar-refractivity contribution in [3.63, 3.8) is 0 Å². The highest BCUT2D eigenvalue weighted by Crippen LogP contribution is 2.33. The third-order valence-corrected chi connectivity index (χ3v) is 6.63. The first-order chi connectivity index (χ1) is 16.4. The van der Waals surface area contributed by atoms with E-state index in [9.17, 15) is 14.4 Å². The monoisotopic (exact) mass is 460 g/mol. The number of nitrogens with one attached hydrogen (secondary N) is 2. The van der Waals surface area contributed by atoms with Crippen LogP contribution in [0.5, 0.6) is 0 Å². The molecule has 1 atom stereocenters. The molecule has 2 aliphatic rings. The predicted molar refractivity (Wildman–Crippen MR) is 130 cm³/mol. The molecule has 34 heavy (non-hydrogen) atoms. The molecule has 1 fully saturated rings. The maximum Gasteiger partial charge on any atom is 0.257 e. The van der Waals surface area contributed by atoms with Crippen molar-refractivity contribution in [2.24, 2.45) is 0 Å². The normalized spacial score (nSPS) is 17.1. The molecule has 1 unspecified atom stereocenters. The second-order valence-electron chi connectivity index (χ2n) is 8.92. The number of hydrogen-bond donors (Lipinski definition) is 2. The zero-order valence-electron chi connectivity index (χ0n) is 19.4. The van der Waals surface area contributed by atoms with Crippen molar-refractivity contribution in [1.82, 2.24) is 19.9 Å². The first-order valence-corrected chi connectivity index (χ1v) is 11.8. The van der Waals surface area contributed by atoms with E-state index in [1.807, 2.05) is 29.7 Å². The van der Waals surface area contributed by atoms with Crippen molar-refractivity contribution >= 4 is 34.5 Å². The number of amides is 2. The lowest BCUT2D eigenvalue weighted by atomic mass is 10.1. The van der Waals surface area contributed by atoms with Crippen LogP contribution in [0.1, 0.15) is 60.6 Å². The van der Waals surface area contributed by atoms with Crippen LogP contribution >= 0.6 is 0 Å². The van der Waals surface area contributed by atoms with Gasteiger partial charge in [0.05, 0.1) is 11.4 Å². The number of benzene rings is 1. The molecule has 1 aromatic carbocycles. The molecule has 0 bridgehead atoms. The number of nitrogens with zero attached hydrogens (tertiary/aromatic N) is 4. The summed E-state index contributed by atoms with van der Waals surface area (Å²) in [6, 6.07) is 5.51. The van der Waals surface area contributed by atoms with E-state index in [1.165, 1.54) is 6.92 Å². The van der Waals surface area contributed by atoms with Crippen LogP contribution in [-0.4, -0.2) is 39.4 Å². The van der Waals surface area contributed by atoms with Gasteiger partial charge in [-0.05, 0) is 55.9 Å². The largest absolute Gasteiger partial charge is 0.345 e. The summed E-state index contributed by atoms with van der Waals surface area (Å²) in [5.41, 5.74) is 3.06. The molecule has 9 heteroatoms. The summed E-state index contributed by atoms with van der Waals surface area (Å²) in [5, 5.41) is 6.16. The van der Waals surface area contributed by atoms with Gasteiger partial charge in [-0.3, -0.25) is 14.4 Å². The molecule has 0 saturated carbocycles. The quantitative estimate of drug-likeness (QED) is 0.606. The van der Waals surface area contributed by atoms with E-state index in [4.69, 9.17) is 0 Å². The van der Waals surface area contributed by atoms with Crippen LogP contribution in [0.15, 0.2) is 35.4 Å². The number of rotatable bonds is 5. The highest BCUT2D eigenvalue weighted by Gasteiger charge is 2.27. The van der Waals surface area contributed by atoms with Crippen LogP contribution < -0.4 is 21.0 Å². The Bertz CT molecular complexity index is 1340. The van der Waals surface area contributed by atoms with Gasteiger partial charge in [-0.1, -0.05) is 6.07 Å². The third kappa shape index (κ3) is 4.02. The maximum atomic E-state index is 13.3. The fraction of sp³-hybridized carbons (Fsp3) is 0.400. The summed E-state index contributed by atoms with van der Waals surface area (Å²) in [6.07, 6.45) is 6.93. The Morgan fingerprint density at radius 1 is 1.21 bits per heavy atom. The Hall–Kier alpha value is -3.75. The van der Waals surface area contributed by atoms with Crippen molar-refractivity contribution in [2.75, 3.05) is 23.3 Å². The van der Waals surface area contributed by atoms with Crippen LogP contribution in [-0.2, 0) is 17.8 Å². The average molecular weight is 461 g/mol. The second-order valence-corrected chi connectivity index (χ2v) is 8.92. The van der Waals surface area contributed by atoms with Gasteiger partial charge in [0, 0.05) is 44.6 Å². The Labute approximate surface area is 197 Å². The first-order valence-electron chi connectivity index (χ1n) is 11.8. The van der Waals surface area contributed by atoms with E-state index >= 15 is 0 Å². The minimum Gasteiger partial charge on any atom is -0.345 e. The topological polar surface area (TPSA) is 109 Å². The lowest BCUT2D eigenvalue weighted by molar-refractivity contribution is -0.114. The zero-order chi connectivity index (χ0) is 23.8. The SMILES string of the molecule is CCn1cc(C(=O)NC2CCc3ccc(NC(C)=O)cc32)c(=O)c2cnc(N3CCCC3)nc21. The first kappa shape index (κ1) is 22.1. The van der Waals surface area contributed by atoms with E-state index < -0.39 is 5.91 Å². The molecule has 3 heterocycles. The number of aryl methyl sites for hydroxylation is 2. The second kappa shape index (κ2) is 8.89. The van der Waals surface area contributed by atoms with Gasteiger partial charge in [-0.15, -0.1) is 0 Å². The van der Waals surface area contributed by atoms with Gasteiger partial charge in [0.1, 0.15) is 11.2 Å². The number of anilines is 2. The van der Waals surface area contributed by atoms with Gasteiger partial charge in [0.2, 0.25) is 17.3 Å². The number of fused-ring (bicyclic) bond motifs is 2. The third-order valence-electron chi connectivity index (χ3n) is 6.63. The summed E-state index contributed by atoms with van der Waals surface area (Å²) in [6.45, 7) is 5.81.